The van der Waals surface area contributed by atoms with Crippen molar-refractivity contribution in [1.82, 2.24) is 14.8 Å². The maximum absolute atomic E-state index is 13.0. The topological polar surface area (TPSA) is 48.9 Å². The number of aromatic nitrogens is 1. The number of aryl methyl sites for hydroxylation is 2. The van der Waals surface area contributed by atoms with E-state index in [9.17, 15) is 4.79 Å². The van der Waals surface area contributed by atoms with E-state index in [0.717, 1.165) is 89.9 Å². The number of fused-ring (bicyclic) bond motifs is 2. The minimum atomic E-state index is 0.121. The lowest BCUT2D eigenvalue weighted by Gasteiger charge is -2.32. The molecule has 3 aliphatic rings. The minimum absolute atomic E-state index is 0.121. The van der Waals surface area contributed by atoms with Crippen LogP contribution in [0.15, 0.2) is 41.8 Å². The number of piperazine rings is 1. The average Bonchev–Trinajstić information content (AvgIpc) is 3.55. The Balaban J connectivity index is 1.15. The lowest BCUT2D eigenvalue weighted by Crippen LogP contribution is -2.47. The summed E-state index contributed by atoms with van der Waals surface area (Å²) in [5, 5.41) is 3.32. The molecule has 2 aliphatic heterocycles. The number of hydrogen-bond acceptors (Lipinski definition) is 6. The van der Waals surface area contributed by atoms with Crippen LogP contribution in [0.4, 0.5) is 5.13 Å². The summed E-state index contributed by atoms with van der Waals surface area (Å²) in [7, 11) is 2.10. The van der Waals surface area contributed by atoms with Gasteiger partial charge in [0.2, 0.25) is 0 Å². The van der Waals surface area contributed by atoms with E-state index in [-0.39, 0.29) is 5.91 Å². The molecule has 6 nitrogen and oxygen atoms in total. The molecular formula is C31H38N4O2S. The summed E-state index contributed by atoms with van der Waals surface area (Å²) in [4.78, 5) is 24.8. The summed E-state index contributed by atoms with van der Waals surface area (Å²) in [5.41, 5.74) is 6.16. The Hall–Kier alpha value is -2.90. The molecule has 2 unspecified atom stereocenters. The van der Waals surface area contributed by atoms with E-state index in [2.05, 4.69) is 54.3 Å². The molecule has 0 spiro atoms. The van der Waals surface area contributed by atoms with Crippen LogP contribution in [-0.4, -0.2) is 67.0 Å². The number of anilines is 1. The van der Waals surface area contributed by atoms with E-state index >= 15 is 0 Å². The van der Waals surface area contributed by atoms with Crippen LogP contribution in [0.1, 0.15) is 46.3 Å². The van der Waals surface area contributed by atoms with Crippen molar-refractivity contribution in [1.29, 1.82) is 0 Å². The van der Waals surface area contributed by atoms with Gasteiger partial charge in [0.05, 0.1) is 5.69 Å². The van der Waals surface area contributed by atoms with Crippen LogP contribution in [0, 0.1) is 25.7 Å². The van der Waals surface area contributed by atoms with E-state index in [1.54, 1.807) is 11.3 Å². The normalized spacial score (nSPS) is 21.7. The van der Waals surface area contributed by atoms with Gasteiger partial charge in [-0.3, -0.25) is 4.79 Å². The van der Waals surface area contributed by atoms with Crippen LogP contribution in [-0.2, 0) is 6.61 Å². The van der Waals surface area contributed by atoms with Gasteiger partial charge in [-0.05, 0) is 87.4 Å². The highest BCUT2D eigenvalue weighted by molar-refractivity contribution is 7.14. The Morgan fingerprint density at radius 2 is 1.79 bits per heavy atom. The zero-order valence-electron chi connectivity index (χ0n) is 22.8. The van der Waals surface area contributed by atoms with Crippen molar-refractivity contribution in [3.8, 4) is 17.0 Å². The molecule has 3 heterocycles. The fourth-order valence-corrected chi connectivity index (χ4v) is 7.05. The Kier molecular flexibility index (Phi) is 7.14. The molecule has 2 bridgehead atoms. The van der Waals surface area contributed by atoms with E-state index in [1.807, 2.05) is 23.1 Å². The van der Waals surface area contributed by atoms with Crippen LogP contribution in [0.25, 0.3) is 11.3 Å². The second kappa shape index (κ2) is 10.7. The van der Waals surface area contributed by atoms with Gasteiger partial charge in [-0.15, -0.1) is 11.3 Å². The summed E-state index contributed by atoms with van der Waals surface area (Å²) < 4.78 is 6.39. The molecule has 2 saturated heterocycles. The van der Waals surface area contributed by atoms with Gasteiger partial charge in [0, 0.05) is 55.8 Å². The van der Waals surface area contributed by atoms with Crippen molar-refractivity contribution >= 4 is 22.4 Å². The lowest BCUT2D eigenvalue weighted by atomic mass is 9.99. The van der Waals surface area contributed by atoms with E-state index in [0.29, 0.717) is 6.61 Å². The fourth-order valence-electron chi connectivity index (χ4n) is 6.21. The average molecular weight is 531 g/mol. The van der Waals surface area contributed by atoms with Crippen molar-refractivity contribution in [2.24, 2.45) is 11.8 Å². The lowest BCUT2D eigenvalue weighted by molar-refractivity contribution is 0.0664. The first kappa shape index (κ1) is 25.4. The summed E-state index contributed by atoms with van der Waals surface area (Å²) >= 11 is 1.75. The van der Waals surface area contributed by atoms with Crippen molar-refractivity contribution in [3.63, 3.8) is 0 Å². The molecule has 6 rings (SSSR count). The molecule has 0 radical (unpaired) electrons. The second-order valence-corrected chi connectivity index (χ2v) is 12.3. The zero-order chi connectivity index (χ0) is 26.2. The fraction of sp³-hybridized carbons (Fsp3) is 0.484. The van der Waals surface area contributed by atoms with Crippen LogP contribution < -0.4 is 9.64 Å². The third-order valence-electron chi connectivity index (χ3n) is 8.54. The number of rotatable bonds is 6. The SMILES string of the molecule is Cc1ccc(OCc2ccc(C(=O)N3CCN(C)CC3)cc2C)c(-c2csc(N3CC4CCC(C4)C3)n2)c1. The quantitative estimate of drug-likeness (QED) is 0.413. The highest BCUT2D eigenvalue weighted by Gasteiger charge is 2.34. The van der Waals surface area contributed by atoms with Crippen molar-refractivity contribution in [2.75, 3.05) is 51.2 Å². The Bertz CT molecular complexity index is 1300. The molecule has 1 amide bonds. The molecule has 3 aromatic rings. The molecule has 200 valence electrons. The summed E-state index contributed by atoms with van der Waals surface area (Å²) in [5.74, 6) is 2.65. The number of likely N-dealkylation sites (N-methyl/N-ethyl adjacent to an activating group) is 1. The Labute approximate surface area is 230 Å². The molecule has 38 heavy (non-hydrogen) atoms. The van der Waals surface area contributed by atoms with Gasteiger partial charge in [-0.2, -0.15) is 0 Å². The standard InChI is InChI=1S/C31H38N4O2S/c1-21-4-9-29(27(14-21)28-20-38-31(32-28)35-17-23-5-6-24(16-23)18-35)37-19-26-8-7-25(15-22(26)2)30(36)34-12-10-33(3)11-13-34/h4,7-9,14-15,20,23-24H,5-6,10-13,16-19H2,1-3H3. The molecule has 3 fully saturated rings. The van der Waals surface area contributed by atoms with Crippen molar-refractivity contribution < 1.29 is 9.53 Å². The van der Waals surface area contributed by atoms with Gasteiger partial charge in [-0.1, -0.05) is 17.7 Å². The van der Waals surface area contributed by atoms with Gasteiger partial charge < -0.3 is 19.4 Å². The largest absolute Gasteiger partial charge is 0.488 e. The third-order valence-corrected chi connectivity index (χ3v) is 9.45. The first-order valence-corrected chi connectivity index (χ1v) is 14.8. The van der Waals surface area contributed by atoms with Gasteiger partial charge in [0.15, 0.2) is 5.13 Å². The maximum Gasteiger partial charge on any atom is 0.253 e. The number of carbonyl (C=O) groups excluding carboxylic acids is 1. The molecule has 2 aromatic carbocycles. The zero-order valence-corrected chi connectivity index (χ0v) is 23.6. The number of thiazole rings is 1. The number of hydrogen-bond donors (Lipinski definition) is 0. The monoisotopic (exact) mass is 530 g/mol. The first-order valence-electron chi connectivity index (χ1n) is 13.9. The Morgan fingerprint density at radius 3 is 2.53 bits per heavy atom. The molecule has 2 atom stereocenters. The van der Waals surface area contributed by atoms with Crippen LogP contribution >= 0.6 is 11.3 Å². The smallest absolute Gasteiger partial charge is 0.253 e. The minimum Gasteiger partial charge on any atom is -0.488 e. The molecule has 1 aliphatic carbocycles. The van der Waals surface area contributed by atoms with Crippen molar-refractivity contribution in [3.05, 3.63) is 64.0 Å². The van der Waals surface area contributed by atoms with Gasteiger partial charge in [0.25, 0.3) is 5.91 Å². The number of ether oxygens (including phenoxy) is 1. The molecule has 0 N–H and O–H groups in total. The van der Waals surface area contributed by atoms with Crippen LogP contribution in [0.2, 0.25) is 0 Å². The maximum atomic E-state index is 13.0. The third kappa shape index (κ3) is 5.32. The highest BCUT2D eigenvalue weighted by atomic mass is 32.1. The molecule has 1 saturated carbocycles. The summed E-state index contributed by atoms with van der Waals surface area (Å²) in [6, 6.07) is 12.3. The van der Waals surface area contributed by atoms with Crippen molar-refractivity contribution in [2.45, 2.75) is 39.7 Å². The number of amides is 1. The molecule has 7 heteroatoms. The van der Waals surface area contributed by atoms with Gasteiger partial charge in [0.1, 0.15) is 12.4 Å². The first-order chi connectivity index (χ1) is 18.4. The van der Waals surface area contributed by atoms with E-state index < -0.39 is 0 Å². The van der Waals surface area contributed by atoms with Crippen LogP contribution in [0.5, 0.6) is 5.75 Å². The van der Waals surface area contributed by atoms with E-state index in [4.69, 9.17) is 9.72 Å². The Morgan fingerprint density at radius 1 is 1.03 bits per heavy atom. The van der Waals surface area contributed by atoms with Gasteiger partial charge in [-0.25, -0.2) is 4.98 Å². The number of carbonyl (C=O) groups is 1. The second-order valence-electron chi connectivity index (χ2n) is 11.5. The summed E-state index contributed by atoms with van der Waals surface area (Å²) in [6.45, 7) is 10.3. The molecular weight excluding hydrogens is 492 g/mol. The van der Waals surface area contributed by atoms with E-state index in [1.165, 1.54) is 24.8 Å². The number of piperidine rings is 1. The predicted octanol–water partition coefficient (Wildman–Crippen LogP) is 5.63. The predicted molar refractivity (Wildman–Crippen MR) is 154 cm³/mol. The highest BCUT2D eigenvalue weighted by Crippen LogP contribution is 2.40. The number of nitrogens with zero attached hydrogens (tertiary/aromatic N) is 4. The summed E-state index contributed by atoms with van der Waals surface area (Å²) in [6.07, 6.45) is 4.15. The van der Waals surface area contributed by atoms with Gasteiger partial charge >= 0.3 is 0 Å². The number of benzene rings is 2. The van der Waals surface area contributed by atoms with Crippen LogP contribution in [0.3, 0.4) is 0 Å². The molecule has 1 aromatic heterocycles.